The second-order valence-electron chi connectivity index (χ2n) is 5.36. The van der Waals surface area contributed by atoms with Gasteiger partial charge >= 0.3 is 0 Å². The van der Waals surface area contributed by atoms with E-state index in [1.165, 1.54) is 0 Å². The summed E-state index contributed by atoms with van der Waals surface area (Å²) in [5.41, 5.74) is 2.67. The number of aryl methyl sites for hydroxylation is 2. The maximum absolute atomic E-state index is 12.7. The highest BCUT2D eigenvalue weighted by Crippen LogP contribution is 2.11. The first-order valence-electron chi connectivity index (χ1n) is 7.45. The van der Waals surface area contributed by atoms with Gasteiger partial charge in [-0.25, -0.2) is 0 Å². The second kappa shape index (κ2) is 7.07. The molecule has 1 aromatic carbocycles. The fraction of sp³-hybridized carbons (Fsp3) is 0.412. The molecule has 21 heavy (non-hydrogen) atoms. The van der Waals surface area contributed by atoms with Crippen molar-refractivity contribution in [3.05, 3.63) is 53.3 Å². The van der Waals surface area contributed by atoms with Gasteiger partial charge in [0.25, 0.3) is 5.91 Å². The summed E-state index contributed by atoms with van der Waals surface area (Å²) in [6.07, 6.45) is 2.07. The molecule has 1 amide bonds. The van der Waals surface area contributed by atoms with Crippen LogP contribution in [0.3, 0.4) is 0 Å². The van der Waals surface area contributed by atoms with Gasteiger partial charge in [-0.1, -0.05) is 43.7 Å². The van der Waals surface area contributed by atoms with E-state index in [-0.39, 0.29) is 5.91 Å². The van der Waals surface area contributed by atoms with Crippen molar-refractivity contribution in [3.8, 4) is 0 Å². The smallest absolute Gasteiger partial charge is 0.274 e. The Hall–Kier alpha value is -2.10. The van der Waals surface area contributed by atoms with Crippen LogP contribution in [-0.4, -0.2) is 27.1 Å². The number of aromatic nitrogens is 2. The molecule has 2 aromatic rings. The van der Waals surface area contributed by atoms with Gasteiger partial charge in [0, 0.05) is 25.8 Å². The molecule has 0 aliphatic heterocycles. The van der Waals surface area contributed by atoms with Crippen LogP contribution in [0.25, 0.3) is 0 Å². The van der Waals surface area contributed by atoms with Gasteiger partial charge in [-0.2, -0.15) is 5.10 Å². The molecule has 1 heterocycles. The van der Waals surface area contributed by atoms with Crippen molar-refractivity contribution >= 4 is 5.91 Å². The van der Waals surface area contributed by atoms with Crippen LogP contribution in [0.4, 0.5) is 0 Å². The molecule has 0 bridgehead atoms. The highest BCUT2D eigenvalue weighted by atomic mass is 16.2. The lowest BCUT2D eigenvalue weighted by Gasteiger charge is -2.21. The summed E-state index contributed by atoms with van der Waals surface area (Å²) in [6.45, 7) is 5.49. The lowest BCUT2D eigenvalue weighted by molar-refractivity contribution is 0.0734. The normalized spacial score (nSPS) is 10.6. The van der Waals surface area contributed by atoms with Gasteiger partial charge in [0.2, 0.25) is 0 Å². The van der Waals surface area contributed by atoms with Crippen LogP contribution < -0.4 is 0 Å². The van der Waals surface area contributed by atoms with Crippen molar-refractivity contribution in [1.29, 1.82) is 0 Å². The fourth-order valence-electron chi connectivity index (χ4n) is 2.23. The highest BCUT2D eigenvalue weighted by Gasteiger charge is 2.19. The van der Waals surface area contributed by atoms with Gasteiger partial charge < -0.3 is 4.90 Å². The van der Waals surface area contributed by atoms with Crippen LogP contribution in [0.15, 0.2) is 36.4 Å². The molecule has 1 aromatic heterocycles. The predicted molar refractivity (Wildman–Crippen MR) is 84.0 cm³/mol. The van der Waals surface area contributed by atoms with Crippen LogP contribution in [0.5, 0.6) is 0 Å². The van der Waals surface area contributed by atoms with E-state index in [1.807, 2.05) is 43.1 Å². The number of nitrogens with zero attached hydrogens (tertiary/aromatic N) is 3. The largest absolute Gasteiger partial charge is 0.333 e. The molecule has 0 spiro atoms. The van der Waals surface area contributed by atoms with Crippen molar-refractivity contribution in [1.82, 2.24) is 14.7 Å². The third-order valence-corrected chi connectivity index (χ3v) is 3.62. The Bertz CT molecular complexity index is 570. The molecule has 112 valence electrons. The first-order chi connectivity index (χ1) is 10.1. The van der Waals surface area contributed by atoms with E-state index < -0.39 is 0 Å². The molecular weight excluding hydrogens is 262 g/mol. The van der Waals surface area contributed by atoms with Crippen LogP contribution in [0.1, 0.15) is 41.5 Å². The zero-order valence-electron chi connectivity index (χ0n) is 13.0. The Kier molecular flexibility index (Phi) is 5.14. The summed E-state index contributed by atoms with van der Waals surface area (Å²) < 4.78 is 1.74. The van der Waals surface area contributed by atoms with Crippen LogP contribution in [0, 0.1) is 6.92 Å². The summed E-state index contributed by atoms with van der Waals surface area (Å²) in [6, 6.07) is 12.0. The Morgan fingerprint density at radius 2 is 2.00 bits per heavy atom. The quantitative estimate of drug-likeness (QED) is 0.817. The van der Waals surface area contributed by atoms with E-state index in [0.29, 0.717) is 12.2 Å². The third-order valence-electron chi connectivity index (χ3n) is 3.62. The molecule has 0 N–H and O–H groups in total. The molecule has 0 aliphatic rings. The number of carbonyl (C=O) groups excluding carboxylic acids is 1. The third kappa shape index (κ3) is 3.94. The summed E-state index contributed by atoms with van der Waals surface area (Å²) in [5.74, 6) is 0.0102. The number of unbranched alkanes of at least 4 members (excludes halogenated alkanes) is 1. The van der Waals surface area contributed by atoms with Crippen molar-refractivity contribution in [2.75, 3.05) is 6.54 Å². The van der Waals surface area contributed by atoms with Crippen LogP contribution in [-0.2, 0) is 13.6 Å². The van der Waals surface area contributed by atoms with Gasteiger partial charge in [0.05, 0.1) is 0 Å². The van der Waals surface area contributed by atoms with E-state index in [1.54, 1.807) is 4.68 Å². The molecule has 4 nitrogen and oxygen atoms in total. The lowest BCUT2D eigenvalue weighted by Crippen LogP contribution is -2.32. The molecule has 0 unspecified atom stereocenters. The lowest BCUT2D eigenvalue weighted by atomic mass is 10.2. The number of rotatable bonds is 6. The minimum atomic E-state index is 0.0102. The zero-order valence-corrected chi connectivity index (χ0v) is 13.0. The molecule has 0 radical (unpaired) electrons. The molecule has 0 fully saturated rings. The van der Waals surface area contributed by atoms with Crippen molar-refractivity contribution in [3.63, 3.8) is 0 Å². The number of hydrogen-bond donors (Lipinski definition) is 0. The summed E-state index contributed by atoms with van der Waals surface area (Å²) >= 11 is 0. The topological polar surface area (TPSA) is 38.1 Å². The standard InChI is InChI=1S/C17H23N3O/c1-4-5-11-20(13-15-9-7-6-8-10-15)17(21)16-12-14(2)19(3)18-16/h6-10,12H,4-5,11,13H2,1-3H3. The van der Waals surface area contributed by atoms with Gasteiger partial charge in [-0.15, -0.1) is 0 Å². The molecule has 0 aliphatic carbocycles. The molecule has 2 rings (SSSR count). The number of benzene rings is 1. The Morgan fingerprint density at radius 1 is 1.29 bits per heavy atom. The fourth-order valence-corrected chi connectivity index (χ4v) is 2.23. The summed E-state index contributed by atoms with van der Waals surface area (Å²) in [7, 11) is 1.86. The minimum absolute atomic E-state index is 0.0102. The highest BCUT2D eigenvalue weighted by molar-refractivity contribution is 5.92. The SMILES string of the molecule is CCCCN(Cc1ccccc1)C(=O)c1cc(C)n(C)n1. The molecular formula is C17H23N3O. The van der Waals surface area contributed by atoms with Crippen LogP contribution in [0.2, 0.25) is 0 Å². The Balaban J connectivity index is 2.16. The van der Waals surface area contributed by atoms with Gasteiger partial charge in [-0.3, -0.25) is 9.48 Å². The molecule has 0 saturated heterocycles. The summed E-state index contributed by atoms with van der Waals surface area (Å²) in [4.78, 5) is 14.6. The zero-order chi connectivity index (χ0) is 15.2. The van der Waals surface area contributed by atoms with Crippen LogP contribution >= 0.6 is 0 Å². The average molecular weight is 285 g/mol. The van der Waals surface area contributed by atoms with E-state index in [2.05, 4.69) is 24.2 Å². The Morgan fingerprint density at radius 3 is 2.57 bits per heavy atom. The van der Waals surface area contributed by atoms with Gasteiger partial charge in [-0.05, 0) is 25.0 Å². The number of amides is 1. The first kappa shape index (κ1) is 15.3. The van der Waals surface area contributed by atoms with E-state index in [9.17, 15) is 4.79 Å². The van der Waals surface area contributed by atoms with Crippen molar-refractivity contribution in [2.45, 2.75) is 33.2 Å². The minimum Gasteiger partial charge on any atom is -0.333 e. The number of carbonyl (C=O) groups is 1. The molecule has 4 heteroatoms. The predicted octanol–water partition coefficient (Wildman–Crippen LogP) is 3.17. The first-order valence-corrected chi connectivity index (χ1v) is 7.45. The maximum Gasteiger partial charge on any atom is 0.274 e. The monoisotopic (exact) mass is 285 g/mol. The Labute approximate surface area is 126 Å². The second-order valence-corrected chi connectivity index (χ2v) is 5.36. The van der Waals surface area contributed by atoms with E-state index in [0.717, 1.165) is 30.6 Å². The van der Waals surface area contributed by atoms with Crippen molar-refractivity contribution in [2.24, 2.45) is 7.05 Å². The summed E-state index contributed by atoms with van der Waals surface area (Å²) in [5, 5.41) is 4.31. The number of hydrogen-bond acceptors (Lipinski definition) is 2. The van der Waals surface area contributed by atoms with E-state index >= 15 is 0 Å². The maximum atomic E-state index is 12.7. The molecule has 0 saturated carbocycles. The van der Waals surface area contributed by atoms with E-state index in [4.69, 9.17) is 0 Å². The van der Waals surface area contributed by atoms with Gasteiger partial charge in [0.15, 0.2) is 5.69 Å². The van der Waals surface area contributed by atoms with Crippen molar-refractivity contribution < 1.29 is 4.79 Å². The van der Waals surface area contributed by atoms with Gasteiger partial charge in [0.1, 0.15) is 0 Å². The molecule has 0 atom stereocenters. The average Bonchev–Trinajstić information content (AvgIpc) is 2.83.